The first kappa shape index (κ1) is 16.0. The molecule has 0 aliphatic carbocycles. The molecule has 0 spiro atoms. The van der Waals surface area contributed by atoms with E-state index in [9.17, 15) is 0 Å². The van der Waals surface area contributed by atoms with Crippen LogP contribution in [0, 0.1) is 27.7 Å². The first-order valence-corrected chi connectivity index (χ1v) is 7.78. The van der Waals surface area contributed by atoms with Crippen LogP contribution in [-0.4, -0.2) is 12.0 Å². The smallest absolute Gasteiger partial charge is 0.224 e. The fourth-order valence-electron chi connectivity index (χ4n) is 2.38. The summed E-state index contributed by atoms with van der Waals surface area (Å²) < 4.78 is 7.19. The minimum atomic E-state index is 0.683. The number of benzene rings is 1. The van der Waals surface area contributed by atoms with E-state index in [4.69, 9.17) is 4.74 Å². The predicted molar refractivity (Wildman–Crippen MR) is 90.2 cm³/mol. The van der Waals surface area contributed by atoms with Crippen molar-refractivity contribution in [3.8, 4) is 11.6 Å². The molecule has 1 heterocycles. The van der Waals surface area contributed by atoms with Crippen molar-refractivity contribution in [2.75, 3.05) is 7.05 Å². The third kappa shape index (κ3) is 3.63. The first-order chi connectivity index (χ1) is 9.92. The highest BCUT2D eigenvalue weighted by Crippen LogP contribution is 2.31. The van der Waals surface area contributed by atoms with E-state index in [1.807, 2.05) is 26.1 Å². The van der Waals surface area contributed by atoms with Crippen molar-refractivity contribution in [2.24, 2.45) is 0 Å². The van der Waals surface area contributed by atoms with Gasteiger partial charge >= 0.3 is 0 Å². The molecule has 21 heavy (non-hydrogen) atoms. The van der Waals surface area contributed by atoms with E-state index in [2.05, 4.69) is 53.1 Å². The number of aromatic nitrogens is 1. The number of pyridine rings is 1. The van der Waals surface area contributed by atoms with Crippen LogP contribution >= 0.6 is 15.9 Å². The molecule has 0 amide bonds. The Morgan fingerprint density at radius 2 is 1.67 bits per heavy atom. The minimum absolute atomic E-state index is 0.683. The maximum Gasteiger partial charge on any atom is 0.224 e. The van der Waals surface area contributed by atoms with Crippen LogP contribution in [-0.2, 0) is 6.54 Å². The number of ether oxygens (including phenoxy) is 1. The predicted octanol–water partition coefficient (Wildman–Crippen LogP) is 4.59. The van der Waals surface area contributed by atoms with Crippen molar-refractivity contribution in [1.29, 1.82) is 0 Å². The Morgan fingerprint density at radius 3 is 2.24 bits per heavy atom. The molecule has 4 heteroatoms. The summed E-state index contributed by atoms with van der Waals surface area (Å²) in [5.41, 5.74) is 5.57. The largest absolute Gasteiger partial charge is 0.439 e. The fraction of sp³-hybridized carbons (Fsp3) is 0.353. The van der Waals surface area contributed by atoms with E-state index < -0.39 is 0 Å². The summed E-state index contributed by atoms with van der Waals surface area (Å²) in [7, 11) is 1.93. The van der Waals surface area contributed by atoms with Gasteiger partial charge in [0.05, 0.1) is 0 Å². The second-order valence-corrected chi connectivity index (χ2v) is 6.16. The molecule has 1 aromatic carbocycles. The number of hydrogen-bond donors (Lipinski definition) is 1. The van der Waals surface area contributed by atoms with Gasteiger partial charge in [0.2, 0.25) is 5.88 Å². The van der Waals surface area contributed by atoms with Crippen LogP contribution in [0.25, 0.3) is 0 Å². The van der Waals surface area contributed by atoms with Crippen molar-refractivity contribution in [3.63, 3.8) is 0 Å². The van der Waals surface area contributed by atoms with Gasteiger partial charge in [0.15, 0.2) is 0 Å². The van der Waals surface area contributed by atoms with Crippen molar-refractivity contribution in [1.82, 2.24) is 10.3 Å². The lowest BCUT2D eigenvalue weighted by Gasteiger charge is -2.15. The standard InChI is InChI=1S/C17H21BrN2O/c1-10-6-13(4)20-17(15(10)9-19-5)21-14-7-11(2)16(18)12(3)8-14/h6-8,19H,9H2,1-5H3. The molecule has 2 aromatic rings. The van der Waals surface area contributed by atoms with Crippen molar-refractivity contribution < 1.29 is 4.74 Å². The van der Waals surface area contributed by atoms with Gasteiger partial charge in [-0.1, -0.05) is 15.9 Å². The van der Waals surface area contributed by atoms with E-state index >= 15 is 0 Å². The zero-order chi connectivity index (χ0) is 15.6. The summed E-state index contributed by atoms with van der Waals surface area (Å²) in [6, 6.07) is 6.14. The summed E-state index contributed by atoms with van der Waals surface area (Å²) in [6.45, 7) is 8.94. The minimum Gasteiger partial charge on any atom is -0.439 e. The van der Waals surface area contributed by atoms with Crippen LogP contribution in [0.1, 0.15) is 27.9 Å². The topological polar surface area (TPSA) is 34.2 Å². The van der Waals surface area contributed by atoms with Gasteiger partial charge < -0.3 is 10.1 Å². The summed E-state index contributed by atoms with van der Waals surface area (Å²) in [5.74, 6) is 1.51. The molecule has 2 rings (SSSR count). The molecule has 0 atom stereocenters. The first-order valence-electron chi connectivity index (χ1n) is 6.98. The van der Waals surface area contributed by atoms with Gasteiger partial charge in [0.1, 0.15) is 5.75 Å². The number of nitrogens with zero attached hydrogens (tertiary/aromatic N) is 1. The lowest BCUT2D eigenvalue weighted by Crippen LogP contribution is -2.09. The van der Waals surface area contributed by atoms with Crippen LogP contribution in [0.5, 0.6) is 11.6 Å². The average Bonchev–Trinajstić information content (AvgIpc) is 2.40. The van der Waals surface area contributed by atoms with Crippen LogP contribution < -0.4 is 10.1 Å². The zero-order valence-electron chi connectivity index (χ0n) is 13.2. The van der Waals surface area contributed by atoms with Gasteiger partial charge in [0, 0.05) is 22.3 Å². The van der Waals surface area contributed by atoms with E-state index in [1.54, 1.807) is 0 Å². The average molecular weight is 349 g/mol. The van der Waals surface area contributed by atoms with Gasteiger partial charge in [-0.2, -0.15) is 0 Å². The lowest BCUT2D eigenvalue weighted by molar-refractivity contribution is 0.451. The summed E-state index contributed by atoms with van der Waals surface area (Å²) in [4.78, 5) is 4.56. The van der Waals surface area contributed by atoms with Crippen LogP contribution in [0.4, 0.5) is 0 Å². The molecular formula is C17H21BrN2O. The van der Waals surface area contributed by atoms with E-state index in [0.717, 1.165) is 39.2 Å². The molecule has 1 N–H and O–H groups in total. The molecule has 1 aromatic heterocycles. The SMILES string of the molecule is CNCc1c(C)cc(C)nc1Oc1cc(C)c(Br)c(C)c1. The molecule has 0 unspecified atom stereocenters. The van der Waals surface area contributed by atoms with E-state index in [-0.39, 0.29) is 0 Å². The van der Waals surface area contributed by atoms with Crippen molar-refractivity contribution in [2.45, 2.75) is 34.2 Å². The Hall–Kier alpha value is -1.39. The van der Waals surface area contributed by atoms with E-state index in [0.29, 0.717) is 5.88 Å². The van der Waals surface area contributed by atoms with E-state index in [1.165, 1.54) is 5.56 Å². The number of hydrogen-bond acceptors (Lipinski definition) is 3. The fourth-order valence-corrected chi connectivity index (χ4v) is 2.61. The molecule has 0 fully saturated rings. The zero-order valence-corrected chi connectivity index (χ0v) is 14.8. The van der Waals surface area contributed by atoms with Crippen molar-refractivity contribution >= 4 is 15.9 Å². The molecule has 0 saturated carbocycles. The molecule has 3 nitrogen and oxygen atoms in total. The van der Waals surface area contributed by atoms with Gasteiger partial charge in [-0.3, -0.25) is 0 Å². The lowest BCUT2D eigenvalue weighted by atomic mass is 10.1. The van der Waals surface area contributed by atoms with Crippen molar-refractivity contribution in [3.05, 3.63) is 50.6 Å². The second kappa shape index (κ2) is 6.58. The summed E-state index contributed by atoms with van der Waals surface area (Å²) >= 11 is 3.58. The molecule has 0 aliphatic rings. The molecule has 0 radical (unpaired) electrons. The number of rotatable bonds is 4. The van der Waals surface area contributed by atoms with Gasteiger partial charge in [-0.05, 0) is 69.6 Å². The third-order valence-electron chi connectivity index (χ3n) is 3.42. The Labute approximate surface area is 134 Å². The van der Waals surface area contributed by atoms with Gasteiger partial charge in [0.25, 0.3) is 0 Å². The Balaban J connectivity index is 2.43. The Bertz CT molecular complexity index is 645. The van der Waals surface area contributed by atoms with Gasteiger partial charge in [-0.25, -0.2) is 4.98 Å². The number of nitrogens with one attached hydrogen (secondary N) is 1. The Kier molecular flexibility index (Phi) is 5.01. The monoisotopic (exact) mass is 348 g/mol. The molecule has 112 valence electrons. The van der Waals surface area contributed by atoms with Crippen LogP contribution in [0.15, 0.2) is 22.7 Å². The highest BCUT2D eigenvalue weighted by atomic mass is 79.9. The highest BCUT2D eigenvalue weighted by molar-refractivity contribution is 9.10. The summed E-state index contributed by atoms with van der Waals surface area (Å²) in [5, 5.41) is 3.17. The van der Waals surface area contributed by atoms with Gasteiger partial charge in [-0.15, -0.1) is 0 Å². The molecule has 0 aliphatic heterocycles. The maximum absolute atomic E-state index is 6.07. The maximum atomic E-state index is 6.07. The normalized spacial score (nSPS) is 10.8. The number of halogens is 1. The molecule has 0 bridgehead atoms. The van der Waals surface area contributed by atoms with Crippen LogP contribution in [0.2, 0.25) is 0 Å². The number of aryl methyl sites for hydroxylation is 4. The highest BCUT2D eigenvalue weighted by Gasteiger charge is 2.12. The molecular weight excluding hydrogens is 328 g/mol. The summed E-state index contributed by atoms with van der Waals surface area (Å²) in [6.07, 6.45) is 0. The third-order valence-corrected chi connectivity index (χ3v) is 4.67. The second-order valence-electron chi connectivity index (χ2n) is 5.37. The van der Waals surface area contributed by atoms with Crippen LogP contribution in [0.3, 0.4) is 0 Å². The quantitative estimate of drug-likeness (QED) is 0.877. The Morgan fingerprint density at radius 1 is 1.05 bits per heavy atom. The molecule has 0 saturated heterocycles.